The minimum atomic E-state index is -0.816. The Balaban J connectivity index is 2.03. The van der Waals surface area contributed by atoms with Crippen LogP contribution in [-0.4, -0.2) is 62.0 Å². The van der Waals surface area contributed by atoms with Crippen molar-refractivity contribution in [2.24, 2.45) is 5.92 Å². The average molecular weight is 507 g/mol. The molecule has 2 bridgehead atoms. The molecule has 8 nitrogen and oxygen atoms in total. The molecule has 3 rings (SSSR count). The Kier molecular flexibility index (Phi) is 9.85. The van der Waals surface area contributed by atoms with Crippen LogP contribution in [0.5, 0.6) is 5.75 Å². The van der Waals surface area contributed by atoms with Crippen LogP contribution in [0, 0.1) is 5.92 Å². The summed E-state index contributed by atoms with van der Waals surface area (Å²) in [6, 6.07) is 13.1. The van der Waals surface area contributed by atoms with Gasteiger partial charge >= 0.3 is 0 Å². The van der Waals surface area contributed by atoms with Crippen molar-refractivity contribution >= 4 is 23.8 Å². The van der Waals surface area contributed by atoms with Crippen molar-refractivity contribution < 1.29 is 19.1 Å². The van der Waals surface area contributed by atoms with E-state index >= 15 is 0 Å². The van der Waals surface area contributed by atoms with Crippen molar-refractivity contribution in [3.8, 4) is 5.75 Å². The zero-order chi connectivity index (χ0) is 26.9. The van der Waals surface area contributed by atoms with Gasteiger partial charge in [0, 0.05) is 19.0 Å². The number of hydrogen-bond acceptors (Lipinski definition) is 5. The van der Waals surface area contributed by atoms with Crippen LogP contribution in [0.1, 0.15) is 37.0 Å². The molecule has 1 aliphatic heterocycles. The predicted octanol–water partition coefficient (Wildman–Crippen LogP) is 2.53. The van der Waals surface area contributed by atoms with Gasteiger partial charge < -0.3 is 20.7 Å². The Hall–Kier alpha value is -3.65. The number of methoxy groups -OCH3 is 1. The quantitative estimate of drug-likeness (QED) is 0.559. The molecule has 0 aromatic heterocycles. The molecule has 0 saturated heterocycles. The predicted molar refractivity (Wildman–Crippen MR) is 145 cm³/mol. The second-order valence-corrected chi connectivity index (χ2v) is 9.72. The molecule has 0 spiro atoms. The van der Waals surface area contributed by atoms with Gasteiger partial charge in [-0.2, -0.15) is 0 Å². The van der Waals surface area contributed by atoms with Crippen molar-refractivity contribution in [3.63, 3.8) is 0 Å². The van der Waals surface area contributed by atoms with Gasteiger partial charge in [0.1, 0.15) is 17.8 Å². The molecule has 0 aliphatic carbocycles. The van der Waals surface area contributed by atoms with Crippen LogP contribution in [0.15, 0.2) is 54.7 Å². The smallest absolute Gasteiger partial charge is 0.246 e. The van der Waals surface area contributed by atoms with Gasteiger partial charge in [-0.15, -0.1) is 0 Å². The van der Waals surface area contributed by atoms with Crippen LogP contribution in [0.4, 0.5) is 0 Å². The molecule has 3 N–H and O–H groups in total. The van der Waals surface area contributed by atoms with Gasteiger partial charge in [0.2, 0.25) is 17.7 Å². The lowest BCUT2D eigenvalue weighted by molar-refractivity contribution is -0.134. The molecule has 3 amide bonds. The maximum Gasteiger partial charge on any atom is 0.246 e. The van der Waals surface area contributed by atoms with Gasteiger partial charge in [-0.3, -0.25) is 19.3 Å². The number of carbonyl (C=O) groups excluding carboxylic acids is 3. The van der Waals surface area contributed by atoms with E-state index < -0.39 is 18.1 Å². The number of nitrogens with zero attached hydrogens (tertiary/aromatic N) is 1. The SMILES string of the molecule is CCC(C)C1NC(=O)C(N(C)C)Cc2cc(ccc2OC)/C=C/NC(=O)C(Cc2ccccc2)NC1=O. The van der Waals surface area contributed by atoms with Crippen molar-refractivity contribution in [2.75, 3.05) is 21.2 Å². The summed E-state index contributed by atoms with van der Waals surface area (Å²) in [7, 11) is 5.27. The number of likely N-dealkylation sites (N-methyl/N-ethyl adjacent to an activating group) is 1. The first-order valence-corrected chi connectivity index (χ1v) is 12.7. The average Bonchev–Trinajstić information content (AvgIpc) is 2.89. The van der Waals surface area contributed by atoms with Crippen LogP contribution >= 0.6 is 0 Å². The van der Waals surface area contributed by atoms with Gasteiger partial charge in [-0.05, 0) is 54.9 Å². The number of benzene rings is 2. The molecule has 2 aromatic carbocycles. The fourth-order valence-electron chi connectivity index (χ4n) is 4.37. The number of rotatable bonds is 6. The highest BCUT2D eigenvalue weighted by Gasteiger charge is 2.33. The van der Waals surface area contributed by atoms with E-state index in [-0.39, 0.29) is 23.6 Å². The molecule has 37 heavy (non-hydrogen) atoms. The highest BCUT2D eigenvalue weighted by molar-refractivity contribution is 5.94. The second kappa shape index (κ2) is 13.1. The van der Waals surface area contributed by atoms with Crippen molar-refractivity contribution in [2.45, 2.75) is 51.2 Å². The Morgan fingerprint density at radius 1 is 1.00 bits per heavy atom. The first kappa shape index (κ1) is 27.9. The van der Waals surface area contributed by atoms with Crippen LogP contribution < -0.4 is 20.7 Å². The third kappa shape index (κ3) is 7.43. The standard InChI is InChI=1S/C29H38N4O4/c1-6-19(2)26-29(36)31-23(17-20-10-8-7-9-11-20)27(34)30-15-14-21-12-13-25(37-5)22(16-21)18-24(33(3)4)28(35)32-26/h7-16,19,23-24,26H,6,17-18H2,1-5H3,(H,30,34)(H,31,36)(H,32,35)/b15-14+. The summed E-state index contributed by atoms with van der Waals surface area (Å²) >= 11 is 0. The zero-order valence-electron chi connectivity index (χ0n) is 22.3. The Labute approximate surface area is 219 Å². The summed E-state index contributed by atoms with van der Waals surface area (Å²) in [5, 5.41) is 8.70. The lowest BCUT2D eigenvalue weighted by Gasteiger charge is -2.30. The van der Waals surface area contributed by atoms with Crippen LogP contribution in [0.3, 0.4) is 0 Å². The zero-order valence-corrected chi connectivity index (χ0v) is 22.3. The van der Waals surface area contributed by atoms with E-state index in [4.69, 9.17) is 4.74 Å². The van der Waals surface area contributed by atoms with E-state index in [2.05, 4.69) is 16.0 Å². The normalized spacial score (nSPS) is 22.6. The Morgan fingerprint density at radius 2 is 1.73 bits per heavy atom. The van der Waals surface area contributed by atoms with Crippen molar-refractivity contribution in [1.29, 1.82) is 0 Å². The summed E-state index contributed by atoms with van der Waals surface area (Å²) in [4.78, 5) is 42.1. The van der Waals surface area contributed by atoms with Gasteiger partial charge in [-0.25, -0.2) is 0 Å². The molecular formula is C29H38N4O4. The van der Waals surface area contributed by atoms with Gasteiger partial charge in [0.25, 0.3) is 0 Å². The molecule has 0 fully saturated rings. The van der Waals surface area contributed by atoms with Crippen LogP contribution in [-0.2, 0) is 27.2 Å². The van der Waals surface area contributed by atoms with Crippen molar-refractivity contribution in [1.82, 2.24) is 20.9 Å². The molecule has 198 valence electrons. The third-order valence-electron chi connectivity index (χ3n) is 6.85. The first-order chi connectivity index (χ1) is 17.7. The van der Waals surface area contributed by atoms with E-state index in [0.29, 0.717) is 25.0 Å². The van der Waals surface area contributed by atoms with Crippen LogP contribution in [0.25, 0.3) is 6.08 Å². The molecule has 1 aliphatic rings. The number of amides is 3. The Morgan fingerprint density at radius 3 is 2.38 bits per heavy atom. The number of ether oxygens (including phenoxy) is 1. The van der Waals surface area contributed by atoms with E-state index in [1.54, 1.807) is 19.4 Å². The molecule has 2 aromatic rings. The molecular weight excluding hydrogens is 468 g/mol. The van der Waals surface area contributed by atoms with E-state index in [9.17, 15) is 14.4 Å². The molecule has 8 heteroatoms. The van der Waals surface area contributed by atoms with Gasteiger partial charge in [0.15, 0.2) is 0 Å². The van der Waals surface area contributed by atoms with Gasteiger partial charge in [-0.1, -0.05) is 56.7 Å². The monoisotopic (exact) mass is 506 g/mol. The highest BCUT2D eigenvalue weighted by atomic mass is 16.5. The summed E-state index contributed by atoms with van der Waals surface area (Å²) < 4.78 is 5.55. The molecule has 4 unspecified atom stereocenters. The summed E-state index contributed by atoms with van der Waals surface area (Å²) in [6.07, 6.45) is 4.76. The minimum Gasteiger partial charge on any atom is -0.496 e. The fraction of sp³-hybridized carbons (Fsp3) is 0.414. The largest absolute Gasteiger partial charge is 0.496 e. The van der Waals surface area contributed by atoms with E-state index in [1.165, 1.54) is 0 Å². The third-order valence-corrected chi connectivity index (χ3v) is 6.85. The lowest BCUT2D eigenvalue weighted by Crippen LogP contribution is -2.58. The number of fused-ring (bicyclic) bond motifs is 2. The summed E-state index contributed by atoms with van der Waals surface area (Å²) in [6.45, 7) is 3.89. The number of carbonyl (C=O) groups is 3. The van der Waals surface area contributed by atoms with E-state index in [0.717, 1.165) is 16.7 Å². The fourth-order valence-corrected chi connectivity index (χ4v) is 4.37. The summed E-state index contributed by atoms with van der Waals surface area (Å²) in [5.74, 6) is -0.442. The van der Waals surface area contributed by atoms with Gasteiger partial charge in [0.05, 0.1) is 13.2 Å². The number of nitrogens with one attached hydrogen (secondary N) is 3. The van der Waals surface area contributed by atoms with Crippen molar-refractivity contribution in [3.05, 3.63) is 71.4 Å². The summed E-state index contributed by atoms with van der Waals surface area (Å²) in [5.41, 5.74) is 2.62. The minimum absolute atomic E-state index is 0.138. The molecule has 1 heterocycles. The first-order valence-electron chi connectivity index (χ1n) is 12.7. The highest BCUT2D eigenvalue weighted by Crippen LogP contribution is 2.23. The number of hydrogen-bond donors (Lipinski definition) is 3. The topological polar surface area (TPSA) is 99.8 Å². The van der Waals surface area contributed by atoms with E-state index in [1.807, 2.05) is 81.4 Å². The van der Waals surface area contributed by atoms with Crippen LogP contribution in [0.2, 0.25) is 0 Å². The second-order valence-electron chi connectivity index (χ2n) is 9.72. The maximum absolute atomic E-state index is 13.5. The molecule has 0 radical (unpaired) electrons. The maximum atomic E-state index is 13.5. The molecule has 4 atom stereocenters. The molecule has 0 saturated carbocycles. The Bertz CT molecular complexity index is 1120. The lowest BCUT2D eigenvalue weighted by atomic mass is 9.95.